The maximum absolute atomic E-state index is 14.0. The van der Waals surface area contributed by atoms with Crippen LogP contribution in [0.5, 0.6) is 0 Å². The van der Waals surface area contributed by atoms with Gasteiger partial charge in [-0.05, 0) is 62.4 Å². The summed E-state index contributed by atoms with van der Waals surface area (Å²) in [5, 5.41) is 13.6. The number of carbonyl (C=O) groups excluding carboxylic acids is 1. The van der Waals surface area contributed by atoms with Gasteiger partial charge in [0.05, 0.1) is 6.61 Å². The molecule has 7 heteroatoms. The number of methoxy groups -OCH3 is 1. The van der Waals surface area contributed by atoms with E-state index in [0.29, 0.717) is 27.0 Å². The summed E-state index contributed by atoms with van der Waals surface area (Å²) in [5.41, 5.74) is -0.274. The first-order valence-electron chi connectivity index (χ1n) is 10.2. The van der Waals surface area contributed by atoms with Gasteiger partial charge in [0.15, 0.2) is 5.72 Å². The normalized spacial score (nSPS) is 23.1. The monoisotopic (exact) mass is 470 g/mol. The summed E-state index contributed by atoms with van der Waals surface area (Å²) in [4.78, 5) is 17.0. The molecule has 0 bridgehead atoms. The molecule has 1 heterocycles. The highest BCUT2D eigenvalue weighted by atomic mass is 35.5. The largest absolute Gasteiger partial charge is 0.382 e. The number of benzene rings is 3. The molecule has 1 saturated heterocycles. The van der Waals surface area contributed by atoms with Gasteiger partial charge in [-0.25, -0.2) is 4.79 Å². The van der Waals surface area contributed by atoms with Gasteiger partial charge in [-0.15, -0.1) is 0 Å². The van der Waals surface area contributed by atoms with Gasteiger partial charge in [-0.3, -0.25) is 9.80 Å². The predicted molar refractivity (Wildman–Crippen MR) is 129 cm³/mol. The smallest absolute Gasteiger partial charge is 0.332 e. The number of nitrogens with zero attached hydrogens (tertiary/aromatic N) is 2. The Hall–Kier alpha value is -2.57. The molecule has 166 valence electrons. The molecule has 3 aromatic rings. The van der Waals surface area contributed by atoms with Crippen molar-refractivity contribution in [2.75, 3.05) is 23.5 Å². The molecule has 0 radical (unpaired) electrons. The second kappa shape index (κ2) is 8.41. The molecule has 2 amide bonds. The van der Waals surface area contributed by atoms with Crippen molar-refractivity contribution >= 4 is 40.6 Å². The minimum atomic E-state index is -1.75. The predicted octanol–water partition coefficient (Wildman–Crippen LogP) is 6.00. The summed E-state index contributed by atoms with van der Waals surface area (Å²) < 4.78 is 5.58. The number of anilines is 2. The van der Waals surface area contributed by atoms with Crippen LogP contribution in [0.4, 0.5) is 16.2 Å². The van der Waals surface area contributed by atoms with Crippen molar-refractivity contribution in [3.05, 3.63) is 94.0 Å². The number of amides is 2. The third-order valence-electron chi connectivity index (χ3n) is 5.97. The van der Waals surface area contributed by atoms with Crippen LogP contribution in [0.2, 0.25) is 10.0 Å². The van der Waals surface area contributed by atoms with Gasteiger partial charge < -0.3 is 9.84 Å². The van der Waals surface area contributed by atoms with E-state index in [4.69, 9.17) is 27.9 Å². The number of hydrogen-bond donors (Lipinski definition) is 1. The Morgan fingerprint density at radius 1 is 0.906 bits per heavy atom. The first-order valence-corrected chi connectivity index (χ1v) is 10.9. The summed E-state index contributed by atoms with van der Waals surface area (Å²) >= 11 is 12.2. The Balaban J connectivity index is 2.01. The van der Waals surface area contributed by atoms with E-state index in [9.17, 15) is 9.90 Å². The van der Waals surface area contributed by atoms with Crippen LogP contribution in [-0.2, 0) is 10.5 Å². The number of halogens is 2. The molecule has 2 atom stereocenters. The topological polar surface area (TPSA) is 53.0 Å². The molecule has 0 saturated carbocycles. The molecule has 1 fully saturated rings. The molecule has 3 aromatic carbocycles. The number of carbonyl (C=O) groups is 1. The molecular weight excluding hydrogens is 447 g/mol. The van der Waals surface area contributed by atoms with Gasteiger partial charge in [-0.2, -0.15) is 0 Å². The highest BCUT2D eigenvalue weighted by molar-refractivity contribution is 6.31. The van der Waals surface area contributed by atoms with Crippen molar-refractivity contribution < 1.29 is 14.6 Å². The molecule has 32 heavy (non-hydrogen) atoms. The van der Waals surface area contributed by atoms with Crippen LogP contribution in [-0.4, -0.2) is 30.4 Å². The standard InChI is InChI=1S/C25H24Cl2N2O3/c1-17-5-4-6-18(15-17)25(31)24(2,16-32-3)28(21-11-7-19(26)8-12-21)23(30)29(25)22-13-9-20(27)10-14-22/h4-15,31H,16H2,1-3H3. The average Bonchev–Trinajstić information content (AvgIpc) is 2.93. The number of ether oxygens (including phenoxy) is 1. The van der Waals surface area contributed by atoms with E-state index < -0.39 is 17.3 Å². The lowest BCUT2D eigenvalue weighted by molar-refractivity contribution is -0.0410. The summed E-state index contributed by atoms with van der Waals surface area (Å²) in [5.74, 6) is 0. The third kappa shape index (κ3) is 3.46. The second-order valence-electron chi connectivity index (χ2n) is 8.15. The first kappa shape index (κ1) is 22.6. The Labute approximate surface area is 197 Å². The molecule has 1 aliphatic rings. The number of aryl methyl sites for hydroxylation is 1. The van der Waals surface area contributed by atoms with E-state index in [0.717, 1.165) is 5.56 Å². The maximum atomic E-state index is 14.0. The maximum Gasteiger partial charge on any atom is 0.332 e. The third-order valence-corrected chi connectivity index (χ3v) is 6.47. The quantitative estimate of drug-likeness (QED) is 0.497. The summed E-state index contributed by atoms with van der Waals surface area (Å²) in [6, 6.07) is 20.9. The highest BCUT2D eigenvalue weighted by Crippen LogP contribution is 2.51. The Morgan fingerprint density at radius 2 is 1.44 bits per heavy atom. The number of urea groups is 1. The van der Waals surface area contributed by atoms with Crippen LogP contribution >= 0.6 is 23.2 Å². The van der Waals surface area contributed by atoms with E-state index in [1.807, 2.05) is 38.1 Å². The fraction of sp³-hybridized carbons (Fsp3) is 0.240. The zero-order valence-corrected chi connectivity index (χ0v) is 19.6. The second-order valence-corrected chi connectivity index (χ2v) is 9.03. The molecule has 1 aliphatic heterocycles. The first-order chi connectivity index (χ1) is 15.2. The fourth-order valence-electron chi connectivity index (χ4n) is 4.47. The van der Waals surface area contributed by atoms with Crippen molar-refractivity contribution in [2.45, 2.75) is 25.1 Å². The zero-order valence-electron chi connectivity index (χ0n) is 18.0. The lowest BCUT2D eigenvalue weighted by atomic mass is 9.82. The van der Waals surface area contributed by atoms with Crippen LogP contribution in [0, 0.1) is 6.92 Å². The molecule has 0 aliphatic carbocycles. The highest BCUT2D eigenvalue weighted by Gasteiger charge is 2.66. The summed E-state index contributed by atoms with van der Waals surface area (Å²) in [7, 11) is 1.55. The molecule has 0 aromatic heterocycles. The molecular formula is C25H24Cl2N2O3. The van der Waals surface area contributed by atoms with Gasteiger partial charge in [0, 0.05) is 34.1 Å². The summed E-state index contributed by atoms with van der Waals surface area (Å²) in [6.45, 7) is 3.85. The Morgan fingerprint density at radius 3 is 1.94 bits per heavy atom. The molecule has 4 rings (SSSR count). The van der Waals surface area contributed by atoms with Crippen molar-refractivity contribution in [1.82, 2.24) is 0 Å². The van der Waals surface area contributed by atoms with Crippen molar-refractivity contribution in [3.63, 3.8) is 0 Å². The zero-order chi connectivity index (χ0) is 23.1. The van der Waals surface area contributed by atoms with Gasteiger partial charge in [0.25, 0.3) is 0 Å². The SMILES string of the molecule is COCC1(C)N(c2ccc(Cl)cc2)C(=O)N(c2ccc(Cl)cc2)C1(O)c1cccc(C)c1. The van der Waals surface area contributed by atoms with Gasteiger partial charge in [0.1, 0.15) is 5.54 Å². The summed E-state index contributed by atoms with van der Waals surface area (Å²) in [6.07, 6.45) is 0. The van der Waals surface area contributed by atoms with E-state index in [1.165, 1.54) is 4.90 Å². The van der Waals surface area contributed by atoms with Crippen molar-refractivity contribution in [1.29, 1.82) is 0 Å². The Bertz CT molecular complexity index is 1140. The van der Waals surface area contributed by atoms with Crippen LogP contribution in [0.1, 0.15) is 18.1 Å². The van der Waals surface area contributed by atoms with Crippen molar-refractivity contribution in [3.8, 4) is 0 Å². The molecule has 5 nitrogen and oxygen atoms in total. The van der Waals surface area contributed by atoms with E-state index in [2.05, 4.69) is 0 Å². The van der Waals surface area contributed by atoms with Crippen LogP contribution in [0.25, 0.3) is 0 Å². The minimum absolute atomic E-state index is 0.0793. The minimum Gasteiger partial charge on any atom is -0.382 e. The van der Waals surface area contributed by atoms with E-state index in [-0.39, 0.29) is 6.61 Å². The molecule has 0 spiro atoms. The van der Waals surface area contributed by atoms with Gasteiger partial charge >= 0.3 is 6.03 Å². The van der Waals surface area contributed by atoms with Crippen LogP contribution in [0.3, 0.4) is 0 Å². The van der Waals surface area contributed by atoms with E-state index in [1.54, 1.807) is 60.5 Å². The van der Waals surface area contributed by atoms with Crippen LogP contribution in [0.15, 0.2) is 72.8 Å². The number of hydrogen-bond acceptors (Lipinski definition) is 3. The van der Waals surface area contributed by atoms with Gasteiger partial charge in [-0.1, -0.05) is 53.0 Å². The van der Waals surface area contributed by atoms with Gasteiger partial charge in [0.2, 0.25) is 0 Å². The van der Waals surface area contributed by atoms with E-state index >= 15 is 0 Å². The fourth-order valence-corrected chi connectivity index (χ4v) is 4.72. The molecule has 2 unspecified atom stereocenters. The van der Waals surface area contributed by atoms with Crippen LogP contribution < -0.4 is 9.80 Å². The lowest BCUT2D eigenvalue weighted by Crippen LogP contribution is -2.60. The van der Waals surface area contributed by atoms with Crippen molar-refractivity contribution in [2.24, 2.45) is 0 Å². The number of rotatable bonds is 5. The lowest BCUT2D eigenvalue weighted by Gasteiger charge is -2.44. The Kier molecular flexibility index (Phi) is 5.94. The number of aliphatic hydroxyl groups is 1. The molecule has 1 N–H and O–H groups in total. The average molecular weight is 471 g/mol.